The van der Waals surface area contributed by atoms with Crippen LogP contribution in [0.3, 0.4) is 0 Å². The molecule has 0 N–H and O–H groups in total. The molecule has 1 saturated heterocycles. The number of halogens is 3. The van der Waals surface area contributed by atoms with E-state index in [9.17, 15) is 23.3 Å². The molecule has 0 saturated carbocycles. The van der Waals surface area contributed by atoms with Crippen LogP contribution in [0.1, 0.15) is 11.3 Å². The van der Waals surface area contributed by atoms with Gasteiger partial charge < -0.3 is 9.80 Å². The van der Waals surface area contributed by atoms with Crippen molar-refractivity contribution in [1.29, 1.82) is 0 Å². The highest BCUT2D eigenvalue weighted by molar-refractivity contribution is 5.58. The normalized spacial score (nSPS) is 15.2. The molecule has 0 unspecified atom stereocenters. The second-order valence-corrected chi connectivity index (χ2v) is 6.66. The maximum absolute atomic E-state index is 13.2. The Morgan fingerprint density at radius 1 is 1.10 bits per heavy atom. The third kappa shape index (κ3) is 3.52. The van der Waals surface area contributed by atoms with E-state index in [0.29, 0.717) is 37.6 Å². The van der Waals surface area contributed by atoms with Gasteiger partial charge in [-0.15, -0.1) is 0 Å². The number of piperazine rings is 1. The van der Waals surface area contributed by atoms with E-state index in [4.69, 9.17) is 0 Å². The van der Waals surface area contributed by atoms with Gasteiger partial charge in [-0.3, -0.25) is 10.1 Å². The minimum absolute atomic E-state index is 0.305. The molecule has 29 heavy (non-hydrogen) atoms. The standard InChI is InChI=1S/C17H16F3N7O2/c1-11-8-15(26-16(23-11)21-10-22-26)25-6-4-24(5-7-25)12-2-3-14(27(28)29)13(9-12)17(18,19)20/h2-3,8-10H,4-7H2,1H3. The zero-order chi connectivity index (χ0) is 20.8. The summed E-state index contributed by atoms with van der Waals surface area (Å²) in [6, 6.07) is 5.00. The summed E-state index contributed by atoms with van der Waals surface area (Å²) in [4.78, 5) is 22.2. The number of anilines is 2. The van der Waals surface area contributed by atoms with Gasteiger partial charge in [0.15, 0.2) is 0 Å². The number of nitro groups is 1. The van der Waals surface area contributed by atoms with Gasteiger partial charge in [0.05, 0.1) is 4.92 Å². The molecule has 152 valence electrons. The van der Waals surface area contributed by atoms with Crippen molar-refractivity contribution in [3.8, 4) is 0 Å². The van der Waals surface area contributed by atoms with Crippen molar-refractivity contribution in [3.63, 3.8) is 0 Å². The van der Waals surface area contributed by atoms with Gasteiger partial charge >= 0.3 is 6.18 Å². The highest BCUT2D eigenvalue weighted by Crippen LogP contribution is 2.38. The second kappa shape index (κ2) is 6.87. The van der Waals surface area contributed by atoms with Crippen LogP contribution in [0.25, 0.3) is 5.78 Å². The van der Waals surface area contributed by atoms with Gasteiger partial charge in [0, 0.05) is 49.7 Å². The van der Waals surface area contributed by atoms with Crippen LogP contribution in [0.2, 0.25) is 0 Å². The third-order valence-corrected chi connectivity index (χ3v) is 4.81. The van der Waals surface area contributed by atoms with Gasteiger partial charge in [0.1, 0.15) is 17.7 Å². The fraction of sp³-hybridized carbons (Fsp3) is 0.353. The van der Waals surface area contributed by atoms with Crippen LogP contribution in [-0.2, 0) is 6.18 Å². The quantitative estimate of drug-likeness (QED) is 0.487. The average molecular weight is 407 g/mol. The van der Waals surface area contributed by atoms with Crippen LogP contribution in [0.15, 0.2) is 30.6 Å². The summed E-state index contributed by atoms with van der Waals surface area (Å²) < 4.78 is 41.3. The molecule has 0 bridgehead atoms. The molecule has 1 aliphatic heterocycles. The van der Waals surface area contributed by atoms with Crippen molar-refractivity contribution in [1.82, 2.24) is 19.6 Å². The maximum Gasteiger partial charge on any atom is 0.423 e. The Labute approximate surface area is 162 Å². The van der Waals surface area contributed by atoms with E-state index in [-0.39, 0.29) is 0 Å². The molecule has 0 radical (unpaired) electrons. The van der Waals surface area contributed by atoms with Gasteiger partial charge in [-0.1, -0.05) is 0 Å². The van der Waals surface area contributed by atoms with Crippen molar-refractivity contribution in [3.05, 3.63) is 52.0 Å². The van der Waals surface area contributed by atoms with Crippen LogP contribution in [0.4, 0.5) is 30.4 Å². The van der Waals surface area contributed by atoms with E-state index in [0.717, 1.165) is 23.6 Å². The molecule has 1 fully saturated rings. The number of alkyl halides is 3. The number of hydrogen-bond donors (Lipinski definition) is 0. The van der Waals surface area contributed by atoms with Crippen molar-refractivity contribution < 1.29 is 18.1 Å². The first-order chi connectivity index (χ1) is 13.7. The molecule has 0 atom stereocenters. The van der Waals surface area contributed by atoms with E-state index in [1.165, 1.54) is 12.4 Å². The number of aromatic nitrogens is 4. The molecule has 4 rings (SSSR count). The topological polar surface area (TPSA) is 92.7 Å². The second-order valence-electron chi connectivity index (χ2n) is 6.66. The number of aryl methyl sites for hydroxylation is 1. The van der Waals surface area contributed by atoms with Gasteiger partial charge in [0.25, 0.3) is 11.5 Å². The summed E-state index contributed by atoms with van der Waals surface area (Å²) in [6.07, 6.45) is -3.38. The van der Waals surface area contributed by atoms with E-state index in [1.807, 2.05) is 13.0 Å². The number of benzene rings is 1. The lowest BCUT2D eigenvalue weighted by Crippen LogP contribution is -2.47. The number of rotatable bonds is 3. The number of nitrogens with zero attached hydrogens (tertiary/aromatic N) is 7. The molecular weight excluding hydrogens is 391 g/mol. The first kappa shape index (κ1) is 18.9. The van der Waals surface area contributed by atoms with E-state index >= 15 is 0 Å². The van der Waals surface area contributed by atoms with Gasteiger partial charge in [0.2, 0.25) is 0 Å². The molecule has 3 aromatic rings. The Kier molecular flexibility index (Phi) is 4.47. The Hall–Kier alpha value is -3.44. The van der Waals surface area contributed by atoms with Gasteiger partial charge in [-0.25, -0.2) is 4.98 Å². The summed E-state index contributed by atoms with van der Waals surface area (Å²) in [5.41, 5.74) is -1.09. The molecule has 0 amide bonds. The zero-order valence-electron chi connectivity index (χ0n) is 15.3. The Morgan fingerprint density at radius 2 is 1.79 bits per heavy atom. The van der Waals surface area contributed by atoms with Crippen LogP contribution in [0, 0.1) is 17.0 Å². The van der Waals surface area contributed by atoms with E-state index in [1.54, 1.807) is 9.42 Å². The van der Waals surface area contributed by atoms with E-state index < -0.39 is 22.4 Å². The lowest BCUT2D eigenvalue weighted by atomic mass is 10.1. The van der Waals surface area contributed by atoms with Crippen molar-refractivity contribution in [2.45, 2.75) is 13.1 Å². The highest BCUT2D eigenvalue weighted by Gasteiger charge is 2.39. The highest BCUT2D eigenvalue weighted by atomic mass is 19.4. The number of fused-ring (bicyclic) bond motifs is 1. The molecule has 12 heteroatoms. The van der Waals surface area contributed by atoms with Crippen LogP contribution >= 0.6 is 0 Å². The minimum atomic E-state index is -4.80. The summed E-state index contributed by atoms with van der Waals surface area (Å²) >= 11 is 0. The summed E-state index contributed by atoms with van der Waals surface area (Å²) in [5.74, 6) is 1.29. The van der Waals surface area contributed by atoms with Gasteiger partial charge in [-0.05, 0) is 19.1 Å². The molecular formula is C17H16F3N7O2. The Morgan fingerprint density at radius 3 is 2.45 bits per heavy atom. The van der Waals surface area contributed by atoms with E-state index in [2.05, 4.69) is 20.0 Å². The Balaban J connectivity index is 1.57. The predicted octanol–water partition coefficient (Wildman–Crippen LogP) is 2.69. The maximum atomic E-state index is 13.2. The third-order valence-electron chi connectivity index (χ3n) is 4.81. The number of hydrogen-bond acceptors (Lipinski definition) is 7. The molecule has 9 nitrogen and oxygen atoms in total. The Bertz CT molecular complexity index is 1070. The van der Waals surface area contributed by atoms with Crippen molar-refractivity contribution in [2.75, 3.05) is 36.0 Å². The molecule has 2 aromatic heterocycles. The average Bonchev–Trinajstić information content (AvgIpc) is 3.14. The van der Waals surface area contributed by atoms with Crippen LogP contribution in [-0.4, -0.2) is 50.7 Å². The summed E-state index contributed by atoms with van der Waals surface area (Å²) in [5, 5.41) is 15.1. The SMILES string of the molecule is Cc1cc(N2CCN(c3ccc([N+](=O)[O-])c(C(F)(F)F)c3)CC2)n2ncnc2n1. The summed E-state index contributed by atoms with van der Waals surface area (Å²) in [6.45, 7) is 3.83. The fourth-order valence-corrected chi connectivity index (χ4v) is 3.44. The molecule has 0 spiro atoms. The smallest absolute Gasteiger partial charge is 0.368 e. The lowest BCUT2D eigenvalue weighted by molar-refractivity contribution is -0.388. The largest absolute Gasteiger partial charge is 0.423 e. The molecule has 0 aliphatic carbocycles. The fourth-order valence-electron chi connectivity index (χ4n) is 3.44. The zero-order valence-corrected chi connectivity index (χ0v) is 15.3. The summed E-state index contributed by atoms with van der Waals surface area (Å²) in [7, 11) is 0. The first-order valence-electron chi connectivity index (χ1n) is 8.77. The monoisotopic (exact) mass is 407 g/mol. The number of nitro benzene ring substituents is 1. The van der Waals surface area contributed by atoms with Crippen molar-refractivity contribution in [2.24, 2.45) is 0 Å². The first-order valence-corrected chi connectivity index (χ1v) is 8.77. The van der Waals surface area contributed by atoms with Crippen LogP contribution < -0.4 is 9.80 Å². The molecule has 1 aliphatic rings. The molecule has 3 heterocycles. The van der Waals surface area contributed by atoms with Crippen LogP contribution in [0.5, 0.6) is 0 Å². The van der Waals surface area contributed by atoms with Gasteiger partial charge in [-0.2, -0.15) is 27.8 Å². The minimum Gasteiger partial charge on any atom is -0.368 e. The van der Waals surface area contributed by atoms with Crippen molar-refractivity contribution >= 4 is 23.0 Å². The predicted molar refractivity (Wildman–Crippen MR) is 98.0 cm³/mol. The lowest BCUT2D eigenvalue weighted by Gasteiger charge is -2.37. The molecule has 1 aromatic carbocycles.